The summed E-state index contributed by atoms with van der Waals surface area (Å²) in [6.45, 7) is 7.88. The molecule has 3 nitrogen and oxygen atoms in total. The summed E-state index contributed by atoms with van der Waals surface area (Å²) < 4.78 is 6.92. The van der Waals surface area contributed by atoms with Crippen LogP contribution in [0, 0.1) is 0 Å². The van der Waals surface area contributed by atoms with E-state index < -0.39 is 5.72 Å². The van der Waals surface area contributed by atoms with Gasteiger partial charge < -0.3 is 4.74 Å². The number of rotatable bonds is 1. The van der Waals surface area contributed by atoms with Gasteiger partial charge in [-0.1, -0.05) is 0 Å². The van der Waals surface area contributed by atoms with E-state index in [4.69, 9.17) is 4.74 Å². The lowest BCUT2D eigenvalue weighted by molar-refractivity contribution is -0.849. The van der Waals surface area contributed by atoms with E-state index in [1.54, 1.807) is 6.21 Å². The van der Waals surface area contributed by atoms with Crippen molar-refractivity contribution in [1.29, 1.82) is 0 Å². The van der Waals surface area contributed by atoms with Crippen LogP contribution >= 0.6 is 0 Å². The van der Waals surface area contributed by atoms with Crippen molar-refractivity contribution in [2.45, 2.75) is 51.9 Å². The molecule has 0 spiro atoms. The summed E-state index contributed by atoms with van der Waals surface area (Å²) in [5.74, 6) is 0. The van der Waals surface area contributed by atoms with Crippen LogP contribution in [0.3, 0.4) is 0 Å². The first-order valence-corrected chi connectivity index (χ1v) is 4.35. The molecular weight excluding hydrogens is 154 g/mol. The van der Waals surface area contributed by atoms with E-state index >= 15 is 0 Å². The van der Waals surface area contributed by atoms with Crippen LogP contribution in [0.25, 0.3) is 0 Å². The van der Waals surface area contributed by atoms with Crippen molar-refractivity contribution in [3.63, 3.8) is 0 Å². The highest BCUT2D eigenvalue weighted by Gasteiger charge is 2.45. The molecule has 1 unspecified atom stereocenters. The maximum absolute atomic E-state index is 9.46. The summed E-state index contributed by atoms with van der Waals surface area (Å²) in [5.41, 5.74) is -0.744. The molecule has 1 heterocycles. The minimum absolute atomic E-state index is 0.214. The standard InChI is InChI=1S/C9H18NO2/c1-8(2,3)12-9(4)6-5-7-10(9)11/h7,11H,5-6H2,1-4H3/q+1. The summed E-state index contributed by atoms with van der Waals surface area (Å²) in [4.78, 5) is 0. The van der Waals surface area contributed by atoms with Crippen molar-refractivity contribution in [2.75, 3.05) is 0 Å². The molecule has 0 aromatic heterocycles. The van der Waals surface area contributed by atoms with E-state index in [-0.39, 0.29) is 5.60 Å². The number of nitrogens with zero attached hydrogens (tertiary/aromatic N) is 1. The summed E-state index contributed by atoms with van der Waals surface area (Å²) >= 11 is 0. The Morgan fingerprint density at radius 2 is 2.08 bits per heavy atom. The molecule has 0 saturated heterocycles. The average molecular weight is 172 g/mol. The fourth-order valence-electron chi connectivity index (χ4n) is 1.52. The van der Waals surface area contributed by atoms with Gasteiger partial charge in [-0.2, -0.15) is 0 Å². The zero-order valence-corrected chi connectivity index (χ0v) is 8.29. The summed E-state index contributed by atoms with van der Waals surface area (Å²) in [7, 11) is 0. The summed E-state index contributed by atoms with van der Waals surface area (Å²) in [6.07, 6.45) is 3.48. The average Bonchev–Trinajstić information content (AvgIpc) is 2.08. The zero-order valence-electron chi connectivity index (χ0n) is 8.29. The van der Waals surface area contributed by atoms with Crippen LogP contribution in [0.2, 0.25) is 0 Å². The largest absolute Gasteiger partial charge is 0.312 e. The maximum atomic E-state index is 9.46. The van der Waals surface area contributed by atoms with Crippen LogP contribution in [0.5, 0.6) is 0 Å². The van der Waals surface area contributed by atoms with Crippen LogP contribution in [0.15, 0.2) is 0 Å². The minimum Gasteiger partial charge on any atom is -0.310 e. The molecule has 0 aromatic carbocycles. The van der Waals surface area contributed by atoms with Gasteiger partial charge in [0, 0.05) is 13.3 Å². The molecule has 70 valence electrons. The van der Waals surface area contributed by atoms with Crippen LogP contribution < -0.4 is 0 Å². The van der Waals surface area contributed by atoms with Crippen molar-refractivity contribution in [3.8, 4) is 0 Å². The van der Waals surface area contributed by atoms with Gasteiger partial charge in [-0.15, -0.1) is 0 Å². The van der Waals surface area contributed by atoms with Gasteiger partial charge in [0.1, 0.15) is 0 Å². The van der Waals surface area contributed by atoms with Gasteiger partial charge in [0.25, 0.3) is 0 Å². The van der Waals surface area contributed by atoms with Crippen molar-refractivity contribution >= 4 is 6.21 Å². The minimum atomic E-state index is -0.530. The highest BCUT2D eigenvalue weighted by atomic mass is 16.6. The molecule has 1 aliphatic heterocycles. The van der Waals surface area contributed by atoms with Gasteiger partial charge in [-0.25, -0.2) is 0 Å². The normalized spacial score (nSPS) is 30.5. The predicted molar refractivity (Wildman–Crippen MR) is 46.6 cm³/mol. The third-order valence-corrected chi connectivity index (χ3v) is 1.92. The van der Waals surface area contributed by atoms with Crippen LogP contribution in [-0.4, -0.2) is 27.5 Å². The van der Waals surface area contributed by atoms with Gasteiger partial charge in [0.2, 0.25) is 0 Å². The van der Waals surface area contributed by atoms with Crippen LogP contribution in [0.1, 0.15) is 40.5 Å². The molecular formula is C9H18NO2+. The van der Waals surface area contributed by atoms with Gasteiger partial charge in [-0.05, 0) is 25.5 Å². The molecule has 0 radical (unpaired) electrons. The van der Waals surface area contributed by atoms with E-state index in [0.717, 1.165) is 12.8 Å². The molecule has 0 fully saturated rings. The van der Waals surface area contributed by atoms with Gasteiger partial charge in [0.05, 0.1) is 12.0 Å². The molecule has 1 N–H and O–H groups in total. The number of ether oxygens (including phenoxy) is 1. The third kappa shape index (κ3) is 1.97. The second-order valence-electron chi connectivity index (χ2n) is 4.46. The third-order valence-electron chi connectivity index (χ3n) is 1.92. The van der Waals surface area contributed by atoms with Crippen molar-refractivity contribution in [2.24, 2.45) is 0 Å². The SMILES string of the molecule is CC(C)(C)OC1(C)CCC=[N+]1O. The van der Waals surface area contributed by atoms with Crippen LogP contribution in [-0.2, 0) is 4.74 Å². The molecule has 0 saturated carbocycles. The molecule has 12 heavy (non-hydrogen) atoms. The monoisotopic (exact) mass is 172 g/mol. The Morgan fingerprint density at radius 3 is 2.42 bits per heavy atom. The fourth-order valence-corrected chi connectivity index (χ4v) is 1.52. The molecule has 0 aliphatic carbocycles. The van der Waals surface area contributed by atoms with E-state index in [2.05, 4.69) is 0 Å². The number of hydroxylamine groups is 1. The molecule has 1 rings (SSSR count). The first kappa shape index (κ1) is 9.52. The Balaban J connectivity index is 2.68. The molecule has 0 aromatic rings. The summed E-state index contributed by atoms with van der Waals surface area (Å²) in [6, 6.07) is 0. The van der Waals surface area contributed by atoms with E-state index in [1.807, 2.05) is 27.7 Å². The van der Waals surface area contributed by atoms with Gasteiger partial charge in [-0.3, -0.25) is 5.21 Å². The van der Waals surface area contributed by atoms with E-state index in [0.29, 0.717) is 0 Å². The topological polar surface area (TPSA) is 32.5 Å². The van der Waals surface area contributed by atoms with Gasteiger partial charge in [0.15, 0.2) is 6.21 Å². The fraction of sp³-hybridized carbons (Fsp3) is 0.889. The Bertz CT molecular complexity index is 205. The first-order valence-electron chi connectivity index (χ1n) is 4.35. The van der Waals surface area contributed by atoms with E-state index in [9.17, 15) is 5.21 Å². The number of hydrogen-bond donors (Lipinski definition) is 1. The van der Waals surface area contributed by atoms with Crippen molar-refractivity contribution in [1.82, 2.24) is 0 Å². The quantitative estimate of drug-likeness (QED) is 0.483. The number of hydrogen-bond acceptors (Lipinski definition) is 2. The Morgan fingerprint density at radius 1 is 1.50 bits per heavy atom. The Labute approximate surface area is 73.6 Å². The maximum Gasteiger partial charge on any atom is 0.312 e. The predicted octanol–water partition coefficient (Wildman–Crippen LogP) is 1.78. The molecule has 0 bridgehead atoms. The lowest BCUT2D eigenvalue weighted by Crippen LogP contribution is -2.43. The Kier molecular flexibility index (Phi) is 2.17. The lowest BCUT2D eigenvalue weighted by Gasteiger charge is -2.27. The zero-order chi connectivity index (χ0) is 9.41. The lowest BCUT2D eigenvalue weighted by atomic mass is 10.1. The molecule has 1 aliphatic rings. The molecule has 0 amide bonds. The second kappa shape index (κ2) is 2.73. The van der Waals surface area contributed by atoms with Crippen LogP contribution in [0.4, 0.5) is 0 Å². The Hall–Kier alpha value is -0.570. The highest BCUT2D eigenvalue weighted by molar-refractivity contribution is 5.52. The molecule has 3 heteroatoms. The van der Waals surface area contributed by atoms with Gasteiger partial charge >= 0.3 is 5.72 Å². The van der Waals surface area contributed by atoms with Crippen molar-refractivity contribution in [3.05, 3.63) is 0 Å². The smallest absolute Gasteiger partial charge is 0.310 e. The molecule has 1 atom stereocenters. The second-order valence-corrected chi connectivity index (χ2v) is 4.46. The van der Waals surface area contributed by atoms with E-state index in [1.165, 1.54) is 4.74 Å². The highest BCUT2D eigenvalue weighted by Crippen LogP contribution is 2.27. The summed E-state index contributed by atoms with van der Waals surface area (Å²) in [5, 5.41) is 9.46. The van der Waals surface area contributed by atoms with Crippen molar-refractivity contribution < 1.29 is 14.7 Å². The first-order chi connectivity index (χ1) is 5.33.